The third-order valence-electron chi connectivity index (χ3n) is 8.44. The fourth-order valence-corrected chi connectivity index (χ4v) is 5.98. The number of carbonyl (C=O) groups is 2. The van der Waals surface area contributed by atoms with Crippen LogP contribution in [-0.2, 0) is 41.2 Å². The zero-order chi connectivity index (χ0) is 35.2. The molecule has 0 saturated heterocycles. The zero-order valence-electron chi connectivity index (χ0n) is 30.1. The van der Waals surface area contributed by atoms with Gasteiger partial charge in [-0.05, 0) is 52.3 Å². The molecule has 0 saturated carbocycles. The number of rotatable bonds is 8. The molecule has 2 aromatic carbocycles. The van der Waals surface area contributed by atoms with Crippen molar-refractivity contribution in [1.29, 1.82) is 0 Å². The molecule has 46 heavy (non-hydrogen) atoms. The molecular formula is C38H54ClN3O4. The molecule has 3 rings (SSSR count). The highest BCUT2D eigenvalue weighted by Crippen LogP contribution is 2.41. The van der Waals surface area contributed by atoms with Gasteiger partial charge in [-0.1, -0.05) is 96.4 Å². The predicted molar refractivity (Wildman–Crippen MR) is 188 cm³/mol. The summed E-state index contributed by atoms with van der Waals surface area (Å²) >= 11 is 6.19. The summed E-state index contributed by atoms with van der Waals surface area (Å²) < 4.78 is 7.52. The van der Waals surface area contributed by atoms with Crippen molar-refractivity contribution in [3.8, 4) is 11.5 Å². The molecule has 0 fully saturated rings. The molecule has 1 heterocycles. The number of halogens is 1. The maximum absolute atomic E-state index is 14.0. The van der Waals surface area contributed by atoms with Crippen LogP contribution in [0.5, 0.6) is 11.5 Å². The number of phenolic OH excluding ortho intramolecular Hbond substituents is 2. The van der Waals surface area contributed by atoms with Crippen LogP contribution in [0.4, 0.5) is 0 Å². The second-order valence-electron chi connectivity index (χ2n) is 16.7. The number of aromatic nitrogens is 2. The first-order valence-electron chi connectivity index (χ1n) is 16.2. The van der Waals surface area contributed by atoms with Gasteiger partial charge in [0, 0.05) is 57.0 Å². The lowest BCUT2D eigenvalue weighted by Gasteiger charge is -2.28. The quantitative estimate of drug-likeness (QED) is 0.238. The first kappa shape index (κ1) is 37.1. The summed E-state index contributed by atoms with van der Waals surface area (Å²) in [7, 11) is 0. The number of aromatic hydroxyl groups is 2. The van der Waals surface area contributed by atoms with Crippen molar-refractivity contribution < 1.29 is 19.8 Å². The number of nitrogens with zero attached hydrogens (tertiary/aromatic N) is 3. The Labute approximate surface area is 280 Å². The van der Waals surface area contributed by atoms with Crippen LogP contribution >= 0.6 is 11.8 Å². The van der Waals surface area contributed by atoms with Crippen molar-refractivity contribution in [1.82, 2.24) is 9.13 Å². The normalized spacial score (nSPS) is 13.4. The molecule has 0 spiro atoms. The summed E-state index contributed by atoms with van der Waals surface area (Å²) in [6.45, 7) is 26.2. The fourth-order valence-electron chi connectivity index (χ4n) is 5.79. The van der Waals surface area contributed by atoms with Crippen molar-refractivity contribution in [3.63, 3.8) is 0 Å². The minimum Gasteiger partial charge on any atom is -0.507 e. The van der Waals surface area contributed by atoms with Crippen LogP contribution < -0.4 is 5.62 Å². The molecule has 3 aromatic rings. The van der Waals surface area contributed by atoms with Crippen LogP contribution in [0.25, 0.3) is 0 Å². The summed E-state index contributed by atoms with van der Waals surface area (Å²) in [5.74, 6) is 0.133. The van der Waals surface area contributed by atoms with E-state index in [2.05, 4.69) is 11.4 Å². The molecule has 0 bridgehead atoms. The Bertz CT molecular complexity index is 1630. The van der Waals surface area contributed by atoms with E-state index in [1.54, 1.807) is 33.4 Å². The maximum Gasteiger partial charge on any atom is 0.223 e. The number of phenols is 2. The van der Waals surface area contributed by atoms with Crippen LogP contribution in [0.1, 0.15) is 145 Å². The van der Waals surface area contributed by atoms with Crippen molar-refractivity contribution >= 4 is 23.3 Å². The first-order chi connectivity index (χ1) is 20.9. The molecule has 1 aromatic heterocycles. The number of Topliss-reactive ketones (excluding diaryl/α,β-unsaturated/α-hetero) is 2. The molecule has 2 N–H and O–H groups in total. The van der Waals surface area contributed by atoms with Crippen LogP contribution in [0.2, 0.25) is 0 Å². The minimum absolute atomic E-state index is 0.0262. The predicted octanol–water partition coefficient (Wildman–Crippen LogP) is 8.66. The smallest absolute Gasteiger partial charge is 0.223 e. The summed E-state index contributed by atoms with van der Waals surface area (Å²) in [5, 5.41) is 22.3. The van der Waals surface area contributed by atoms with Crippen molar-refractivity contribution in [2.45, 2.75) is 138 Å². The molecular weight excluding hydrogens is 598 g/mol. The average Bonchev–Trinajstić information content (AvgIpc) is 3.21. The Balaban J connectivity index is 2.12. The van der Waals surface area contributed by atoms with E-state index < -0.39 is 0 Å². The Hall–Kier alpha value is -3.32. The van der Waals surface area contributed by atoms with Gasteiger partial charge in [0.15, 0.2) is 11.6 Å². The number of benzene rings is 2. The van der Waals surface area contributed by atoms with Crippen molar-refractivity contribution in [2.24, 2.45) is 4.51 Å². The molecule has 0 amide bonds. The summed E-state index contributed by atoms with van der Waals surface area (Å²) in [4.78, 5) is 27.9. The molecule has 0 aliphatic heterocycles. The second-order valence-corrected chi connectivity index (χ2v) is 16.8. The Morgan fingerprint density at radius 2 is 1.02 bits per heavy atom. The van der Waals surface area contributed by atoms with Crippen molar-refractivity contribution in [2.75, 3.05) is 0 Å². The summed E-state index contributed by atoms with van der Waals surface area (Å²) in [6.07, 6.45) is 3.33. The van der Waals surface area contributed by atoms with Gasteiger partial charge in [-0.15, -0.1) is 4.51 Å². The maximum atomic E-state index is 14.0. The topological polar surface area (TPSA) is 96.8 Å². The van der Waals surface area contributed by atoms with E-state index in [1.807, 2.05) is 89.3 Å². The third kappa shape index (κ3) is 7.96. The molecule has 0 aliphatic carbocycles. The van der Waals surface area contributed by atoms with Gasteiger partial charge in [-0.2, -0.15) is 0 Å². The van der Waals surface area contributed by atoms with Crippen molar-refractivity contribution in [3.05, 3.63) is 75.2 Å². The lowest BCUT2D eigenvalue weighted by Crippen LogP contribution is -2.31. The molecule has 0 atom stereocenters. The molecule has 0 aliphatic rings. The summed E-state index contributed by atoms with van der Waals surface area (Å²) in [5.41, 5.74) is 3.48. The average molecular weight is 652 g/mol. The number of hydrogen-bond donors (Lipinski definition) is 2. The van der Waals surface area contributed by atoms with E-state index in [0.29, 0.717) is 45.4 Å². The van der Waals surface area contributed by atoms with Gasteiger partial charge in [-0.25, -0.2) is 0 Å². The zero-order valence-corrected chi connectivity index (χ0v) is 30.9. The van der Waals surface area contributed by atoms with Crippen LogP contribution in [0.3, 0.4) is 0 Å². The molecule has 0 radical (unpaired) electrons. The lowest BCUT2D eigenvalue weighted by molar-refractivity contribution is 0.0967. The highest BCUT2D eigenvalue weighted by molar-refractivity contribution is 6.14. The minimum atomic E-state index is -0.380. The van der Waals surface area contributed by atoms with Crippen LogP contribution in [0, 0.1) is 0 Å². The van der Waals surface area contributed by atoms with E-state index in [9.17, 15) is 19.8 Å². The third-order valence-corrected chi connectivity index (χ3v) is 8.59. The Morgan fingerprint density at radius 3 is 1.33 bits per heavy atom. The van der Waals surface area contributed by atoms with E-state index in [0.717, 1.165) is 12.1 Å². The lowest BCUT2D eigenvalue weighted by atomic mass is 9.78. The monoisotopic (exact) mass is 651 g/mol. The van der Waals surface area contributed by atoms with Gasteiger partial charge in [0.1, 0.15) is 11.5 Å². The van der Waals surface area contributed by atoms with Gasteiger partial charge in [0.2, 0.25) is 5.62 Å². The number of aryl methyl sites for hydroxylation is 1. The molecule has 0 unspecified atom stereocenters. The molecule has 8 heteroatoms. The van der Waals surface area contributed by atoms with E-state index in [4.69, 9.17) is 11.8 Å². The molecule has 7 nitrogen and oxygen atoms in total. The molecule has 252 valence electrons. The highest BCUT2D eigenvalue weighted by Gasteiger charge is 2.30. The number of carbonyl (C=O) groups excluding carboxylic acids is 2. The highest BCUT2D eigenvalue weighted by atomic mass is 35.5. The Kier molecular flexibility index (Phi) is 10.5. The second kappa shape index (κ2) is 13.1. The SMILES string of the molecule is CCCc1cn(CC(=O)c2cc(C(C)(C)C)c(O)c(C(C)(C)C)c2)/c(=N\Cl)n1CC(=O)c1cc(C(C)(C)C)c(O)c(C(C)(C)C)c1. The first-order valence-corrected chi connectivity index (χ1v) is 16.5. The van der Waals surface area contributed by atoms with Gasteiger partial charge in [-0.3, -0.25) is 9.59 Å². The number of imidazole rings is 1. The number of ketones is 2. The van der Waals surface area contributed by atoms with Gasteiger partial charge < -0.3 is 19.3 Å². The van der Waals surface area contributed by atoms with Gasteiger partial charge >= 0.3 is 0 Å². The Morgan fingerprint density at radius 1 is 0.674 bits per heavy atom. The van der Waals surface area contributed by atoms with Gasteiger partial charge in [0.25, 0.3) is 0 Å². The summed E-state index contributed by atoms with van der Waals surface area (Å²) in [6, 6.07) is 7.14. The standard InChI is InChI=1S/C38H54ClN3O4/c1-14-15-25-20-41(21-30(43)23-16-26(35(2,3)4)32(45)27(17-23)36(5,6)7)34(40-39)42(25)22-31(44)24-18-28(37(8,9)10)33(46)29(19-24)38(11,12)13/h16-20,45-46H,14-15,21-22H2,1-13H3/b40-34+. The van der Waals surface area contributed by atoms with E-state index >= 15 is 0 Å². The van der Waals surface area contributed by atoms with E-state index in [-0.39, 0.29) is 57.8 Å². The van der Waals surface area contributed by atoms with Crippen LogP contribution in [0.15, 0.2) is 35.0 Å². The van der Waals surface area contributed by atoms with E-state index in [1.165, 1.54) is 0 Å². The fraction of sp³-hybridized carbons (Fsp3) is 0.553. The van der Waals surface area contributed by atoms with Crippen LogP contribution in [-0.4, -0.2) is 30.9 Å². The number of hydrogen-bond acceptors (Lipinski definition) is 5. The largest absolute Gasteiger partial charge is 0.507 e. The van der Waals surface area contributed by atoms with Gasteiger partial charge in [0.05, 0.1) is 13.1 Å².